The van der Waals surface area contributed by atoms with Gasteiger partial charge in [0.2, 0.25) is 5.91 Å². The highest BCUT2D eigenvalue weighted by atomic mass is 32.2. The summed E-state index contributed by atoms with van der Waals surface area (Å²) < 4.78 is 5.01. The van der Waals surface area contributed by atoms with E-state index >= 15 is 0 Å². The zero-order valence-corrected chi connectivity index (χ0v) is 14.0. The standard InChI is InChI=1S/C16H18N2O4S/c1-4-22-16(21)11-7-5-6-10(2)15(11)17-12(19)8-14-18(3)13(20)9-23-14/h5-8H,4,9H2,1-3H3,(H,17,19)/b14-8+. The highest BCUT2D eigenvalue weighted by Crippen LogP contribution is 2.27. The number of anilines is 1. The number of ether oxygens (including phenoxy) is 1. The number of nitrogens with zero attached hydrogens (tertiary/aromatic N) is 1. The molecule has 1 aromatic rings. The molecule has 0 radical (unpaired) electrons. The lowest BCUT2D eigenvalue weighted by molar-refractivity contribution is -0.124. The van der Waals surface area contributed by atoms with Crippen molar-refractivity contribution in [3.8, 4) is 0 Å². The van der Waals surface area contributed by atoms with E-state index in [4.69, 9.17) is 4.74 Å². The molecule has 0 unspecified atom stereocenters. The van der Waals surface area contributed by atoms with Crippen LogP contribution in [0.15, 0.2) is 29.3 Å². The molecule has 0 bridgehead atoms. The maximum absolute atomic E-state index is 12.2. The second kappa shape index (κ2) is 7.32. The highest BCUT2D eigenvalue weighted by molar-refractivity contribution is 8.04. The van der Waals surface area contributed by atoms with Crippen LogP contribution in [0.4, 0.5) is 5.69 Å². The molecule has 2 rings (SSSR count). The lowest BCUT2D eigenvalue weighted by atomic mass is 10.1. The van der Waals surface area contributed by atoms with E-state index in [1.165, 1.54) is 22.7 Å². The molecule has 1 fully saturated rings. The molecule has 122 valence electrons. The van der Waals surface area contributed by atoms with Gasteiger partial charge in [0.25, 0.3) is 5.91 Å². The number of carbonyl (C=O) groups excluding carboxylic acids is 3. The molecule has 1 N–H and O–H groups in total. The van der Waals surface area contributed by atoms with Gasteiger partial charge in [0.05, 0.1) is 28.6 Å². The van der Waals surface area contributed by atoms with Crippen molar-refractivity contribution < 1.29 is 19.1 Å². The van der Waals surface area contributed by atoms with E-state index in [9.17, 15) is 14.4 Å². The zero-order chi connectivity index (χ0) is 17.0. The summed E-state index contributed by atoms with van der Waals surface area (Å²) in [6.45, 7) is 3.78. The van der Waals surface area contributed by atoms with E-state index in [2.05, 4.69) is 5.32 Å². The minimum absolute atomic E-state index is 0.0443. The first-order valence-corrected chi connectivity index (χ1v) is 8.11. The maximum atomic E-state index is 12.2. The number of aryl methyl sites for hydroxylation is 1. The fourth-order valence-electron chi connectivity index (χ4n) is 2.07. The number of benzene rings is 1. The smallest absolute Gasteiger partial charge is 0.340 e. The van der Waals surface area contributed by atoms with E-state index in [-0.39, 0.29) is 12.5 Å². The average molecular weight is 334 g/mol. The molecule has 6 nitrogen and oxygen atoms in total. The summed E-state index contributed by atoms with van der Waals surface area (Å²) in [5, 5.41) is 3.30. The molecule has 1 aliphatic rings. The van der Waals surface area contributed by atoms with Gasteiger partial charge in [0, 0.05) is 13.1 Å². The molecular formula is C16H18N2O4S. The molecule has 0 aromatic heterocycles. The van der Waals surface area contributed by atoms with Gasteiger partial charge in [-0.3, -0.25) is 9.59 Å². The van der Waals surface area contributed by atoms with E-state index < -0.39 is 11.9 Å². The van der Waals surface area contributed by atoms with Crippen molar-refractivity contribution in [2.24, 2.45) is 0 Å². The monoisotopic (exact) mass is 334 g/mol. The number of hydrogen-bond acceptors (Lipinski definition) is 5. The van der Waals surface area contributed by atoms with Crippen LogP contribution < -0.4 is 5.32 Å². The van der Waals surface area contributed by atoms with Crippen molar-refractivity contribution in [3.05, 3.63) is 40.4 Å². The van der Waals surface area contributed by atoms with Crippen molar-refractivity contribution in [2.75, 3.05) is 24.7 Å². The molecule has 0 aliphatic carbocycles. The fourth-order valence-corrected chi connectivity index (χ4v) is 3.03. The first-order valence-electron chi connectivity index (χ1n) is 7.12. The van der Waals surface area contributed by atoms with Crippen LogP contribution in [0.3, 0.4) is 0 Å². The normalized spacial score (nSPS) is 15.9. The molecular weight excluding hydrogens is 316 g/mol. The first-order chi connectivity index (χ1) is 10.9. The Morgan fingerprint density at radius 3 is 2.78 bits per heavy atom. The number of rotatable bonds is 4. The van der Waals surface area contributed by atoms with Crippen LogP contribution in [0.1, 0.15) is 22.8 Å². The third-order valence-corrected chi connectivity index (χ3v) is 4.40. The predicted molar refractivity (Wildman–Crippen MR) is 89.1 cm³/mol. The largest absolute Gasteiger partial charge is 0.462 e. The summed E-state index contributed by atoms with van der Waals surface area (Å²) in [4.78, 5) is 37.1. The van der Waals surface area contributed by atoms with Gasteiger partial charge in [-0.05, 0) is 25.5 Å². The molecule has 1 heterocycles. The molecule has 1 aliphatic heterocycles. The van der Waals surface area contributed by atoms with Gasteiger partial charge >= 0.3 is 5.97 Å². The first kappa shape index (κ1) is 17.1. The second-order valence-electron chi connectivity index (χ2n) is 4.93. The molecule has 23 heavy (non-hydrogen) atoms. The Kier molecular flexibility index (Phi) is 5.44. The Hall–Kier alpha value is -2.28. The van der Waals surface area contributed by atoms with Gasteiger partial charge in [0.15, 0.2) is 0 Å². The number of nitrogens with one attached hydrogen (secondary N) is 1. The number of amides is 2. The molecule has 0 saturated carbocycles. The fraction of sp³-hybridized carbons (Fsp3) is 0.312. The minimum atomic E-state index is -0.485. The third kappa shape index (κ3) is 3.92. The van der Waals surface area contributed by atoms with Gasteiger partial charge in [-0.1, -0.05) is 23.9 Å². The van der Waals surface area contributed by atoms with Gasteiger partial charge in [-0.15, -0.1) is 0 Å². The van der Waals surface area contributed by atoms with Crippen LogP contribution in [0, 0.1) is 6.92 Å². The van der Waals surface area contributed by atoms with Gasteiger partial charge in [0.1, 0.15) is 0 Å². The van der Waals surface area contributed by atoms with E-state index in [0.717, 1.165) is 5.56 Å². The van der Waals surface area contributed by atoms with Crippen LogP contribution in [0.25, 0.3) is 0 Å². The Balaban J connectivity index is 2.23. The second-order valence-corrected chi connectivity index (χ2v) is 5.93. The summed E-state index contributed by atoms with van der Waals surface area (Å²) in [5.41, 5.74) is 1.48. The Labute approximate surface area is 138 Å². The molecule has 0 atom stereocenters. The quantitative estimate of drug-likeness (QED) is 0.674. The van der Waals surface area contributed by atoms with E-state index in [0.29, 0.717) is 22.0 Å². The van der Waals surface area contributed by atoms with Gasteiger partial charge in [-0.25, -0.2) is 4.79 Å². The average Bonchev–Trinajstić information content (AvgIpc) is 2.81. The van der Waals surface area contributed by atoms with Crippen molar-refractivity contribution in [2.45, 2.75) is 13.8 Å². The number of hydrogen-bond donors (Lipinski definition) is 1. The Bertz CT molecular complexity index is 685. The van der Waals surface area contributed by atoms with Crippen molar-refractivity contribution >= 4 is 35.2 Å². The highest BCUT2D eigenvalue weighted by Gasteiger charge is 2.24. The zero-order valence-electron chi connectivity index (χ0n) is 13.2. The summed E-state index contributed by atoms with van der Waals surface area (Å²) in [7, 11) is 1.62. The van der Waals surface area contributed by atoms with Crippen LogP contribution >= 0.6 is 11.8 Å². The number of para-hydroxylation sites is 1. The maximum Gasteiger partial charge on any atom is 0.340 e. The summed E-state index contributed by atoms with van der Waals surface area (Å²) >= 11 is 1.31. The Morgan fingerprint density at radius 1 is 1.43 bits per heavy atom. The SMILES string of the molecule is CCOC(=O)c1cccc(C)c1NC(=O)/C=C1/SCC(=O)N1C. The van der Waals surface area contributed by atoms with Gasteiger partial charge < -0.3 is 15.0 Å². The van der Waals surface area contributed by atoms with E-state index in [1.807, 2.05) is 0 Å². The number of thioether (sulfide) groups is 1. The van der Waals surface area contributed by atoms with Crippen LogP contribution in [0.5, 0.6) is 0 Å². The van der Waals surface area contributed by atoms with Crippen molar-refractivity contribution in [3.63, 3.8) is 0 Å². The van der Waals surface area contributed by atoms with E-state index in [1.54, 1.807) is 39.1 Å². The molecule has 7 heteroatoms. The predicted octanol–water partition coefficient (Wildman–Crippen LogP) is 2.16. The van der Waals surface area contributed by atoms with Crippen LogP contribution in [-0.4, -0.2) is 42.1 Å². The molecule has 1 saturated heterocycles. The van der Waals surface area contributed by atoms with Crippen LogP contribution in [-0.2, 0) is 14.3 Å². The summed E-state index contributed by atoms with van der Waals surface area (Å²) in [5.74, 6) is -0.596. The molecule has 0 spiro atoms. The lowest BCUT2D eigenvalue weighted by Crippen LogP contribution is -2.21. The van der Waals surface area contributed by atoms with Crippen molar-refractivity contribution in [1.82, 2.24) is 4.90 Å². The molecule has 1 aromatic carbocycles. The molecule has 2 amide bonds. The summed E-state index contributed by atoms with van der Waals surface area (Å²) in [6, 6.07) is 5.13. The van der Waals surface area contributed by atoms with Crippen molar-refractivity contribution in [1.29, 1.82) is 0 Å². The van der Waals surface area contributed by atoms with Gasteiger partial charge in [-0.2, -0.15) is 0 Å². The lowest BCUT2D eigenvalue weighted by Gasteiger charge is -2.13. The number of esters is 1. The number of carbonyl (C=O) groups is 3. The summed E-state index contributed by atoms with van der Waals surface area (Å²) in [6.07, 6.45) is 1.36. The van der Waals surface area contributed by atoms with Crippen LogP contribution in [0.2, 0.25) is 0 Å². The topological polar surface area (TPSA) is 75.7 Å². The third-order valence-electron chi connectivity index (χ3n) is 3.32. The minimum Gasteiger partial charge on any atom is -0.462 e. The Morgan fingerprint density at radius 2 is 2.17 bits per heavy atom.